The van der Waals surface area contributed by atoms with Gasteiger partial charge in [-0.1, -0.05) is 0 Å². The van der Waals surface area contributed by atoms with Crippen LogP contribution in [-0.4, -0.2) is 81.2 Å². The van der Waals surface area contributed by atoms with Gasteiger partial charge in [0.2, 0.25) is 0 Å². The summed E-state index contributed by atoms with van der Waals surface area (Å²) in [6.07, 6.45) is 2.02. The number of hydrogen-bond acceptors (Lipinski definition) is 10. The molecule has 0 aliphatic carbocycles. The largest absolute Gasteiger partial charge is 0.466 e. The van der Waals surface area contributed by atoms with Crippen molar-refractivity contribution < 1.29 is 23.7 Å². The number of nitrogens with two attached hydrogens (primary N) is 1. The van der Waals surface area contributed by atoms with E-state index in [9.17, 15) is 4.79 Å². The maximum Gasteiger partial charge on any atom is 0.307 e. The van der Waals surface area contributed by atoms with E-state index in [0.717, 1.165) is 0 Å². The summed E-state index contributed by atoms with van der Waals surface area (Å²) in [5, 5.41) is 0. The first-order valence-corrected chi connectivity index (χ1v) is 10.1. The normalized spacial score (nSPS) is 27.6. The van der Waals surface area contributed by atoms with Gasteiger partial charge in [0.05, 0.1) is 19.4 Å². The summed E-state index contributed by atoms with van der Waals surface area (Å²) in [5.74, 6) is -0.632. The highest BCUT2D eigenvalue weighted by molar-refractivity contribution is 5.81. The third-order valence-corrected chi connectivity index (χ3v) is 5.28. The van der Waals surface area contributed by atoms with Gasteiger partial charge in [-0.15, -0.1) is 0 Å². The Morgan fingerprint density at radius 2 is 2.07 bits per heavy atom. The van der Waals surface area contributed by atoms with E-state index in [0.29, 0.717) is 43.1 Å². The Bertz CT molecular complexity index is 918. The fourth-order valence-electron chi connectivity index (χ4n) is 4.00. The number of anilines is 1. The molecule has 2 aliphatic heterocycles. The number of nitrogens with zero attached hydrogens (tertiary/aromatic N) is 5. The summed E-state index contributed by atoms with van der Waals surface area (Å²) in [6.45, 7) is 7.08. The Labute approximate surface area is 174 Å². The van der Waals surface area contributed by atoms with Crippen LogP contribution in [-0.2, 0) is 23.7 Å². The van der Waals surface area contributed by atoms with Crippen molar-refractivity contribution in [3.05, 3.63) is 12.7 Å². The molecule has 0 aromatic carbocycles. The van der Waals surface area contributed by atoms with Crippen molar-refractivity contribution in [3.8, 4) is 0 Å². The van der Waals surface area contributed by atoms with Gasteiger partial charge in [-0.3, -0.25) is 9.36 Å². The van der Waals surface area contributed by atoms with Crippen LogP contribution in [0.3, 0.4) is 0 Å². The molecular formula is C19H28N6O5. The molecule has 4 atom stereocenters. The van der Waals surface area contributed by atoms with Gasteiger partial charge < -0.3 is 29.6 Å². The van der Waals surface area contributed by atoms with Gasteiger partial charge in [0.1, 0.15) is 30.2 Å². The molecule has 4 rings (SSSR count). The number of nitrogen functional groups attached to an aromatic ring is 1. The first kappa shape index (κ1) is 20.9. The van der Waals surface area contributed by atoms with Crippen molar-refractivity contribution in [2.24, 2.45) is 0 Å². The van der Waals surface area contributed by atoms with Crippen LogP contribution in [0.5, 0.6) is 0 Å². The standard InChI is InChI=1S/C19H28N6O5/c1-5-27-12(26)6-7-24(4)8-11-14-15(30-19(2,3)29-14)18(28-11)25-10-23-13-16(20)21-9-22-17(13)25/h9-11,14-15,18H,5-8H2,1-4H3,(H2,20,21,22)/t11-,14-,15-,18-/m1/s1. The minimum atomic E-state index is -0.733. The smallest absolute Gasteiger partial charge is 0.307 e. The zero-order valence-electron chi connectivity index (χ0n) is 17.6. The van der Waals surface area contributed by atoms with Crippen LogP contribution >= 0.6 is 0 Å². The number of carbonyl (C=O) groups is 1. The molecule has 0 amide bonds. The fourth-order valence-corrected chi connectivity index (χ4v) is 4.00. The molecule has 11 nitrogen and oxygen atoms in total. The van der Waals surface area contributed by atoms with Crippen molar-refractivity contribution >= 4 is 23.0 Å². The number of esters is 1. The summed E-state index contributed by atoms with van der Waals surface area (Å²) in [6, 6.07) is 0. The second-order valence-corrected chi connectivity index (χ2v) is 8.03. The second kappa shape index (κ2) is 8.06. The molecule has 0 saturated carbocycles. The van der Waals surface area contributed by atoms with Gasteiger partial charge in [0.25, 0.3) is 0 Å². The topological polar surface area (TPSA) is 127 Å². The number of rotatable bonds is 7. The molecule has 2 N–H and O–H groups in total. The van der Waals surface area contributed by atoms with Gasteiger partial charge in [0.15, 0.2) is 23.5 Å². The zero-order valence-corrected chi connectivity index (χ0v) is 17.6. The van der Waals surface area contributed by atoms with Gasteiger partial charge in [0, 0.05) is 13.1 Å². The Morgan fingerprint density at radius 1 is 1.30 bits per heavy atom. The third kappa shape index (κ3) is 3.97. The quantitative estimate of drug-likeness (QED) is 0.640. The van der Waals surface area contributed by atoms with Crippen molar-refractivity contribution in [3.63, 3.8) is 0 Å². The van der Waals surface area contributed by atoms with Crippen molar-refractivity contribution in [2.45, 2.75) is 57.5 Å². The SMILES string of the molecule is CCOC(=O)CCN(C)C[C@H]1O[C@@H](n2cnc3c(N)ncnc32)[C@@H]2OC(C)(C)O[C@@H]21. The lowest BCUT2D eigenvalue weighted by atomic mass is 10.1. The summed E-state index contributed by atoms with van der Waals surface area (Å²) in [5.41, 5.74) is 7.02. The van der Waals surface area contributed by atoms with Crippen LogP contribution in [0.2, 0.25) is 0 Å². The number of likely N-dealkylation sites (N-methyl/N-ethyl adjacent to an activating group) is 1. The molecule has 11 heteroatoms. The van der Waals surface area contributed by atoms with E-state index < -0.39 is 12.0 Å². The van der Waals surface area contributed by atoms with Gasteiger partial charge in [-0.25, -0.2) is 15.0 Å². The summed E-state index contributed by atoms with van der Waals surface area (Å²) >= 11 is 0. The van der Waals surface area contributed by atoms with E-state index in [1.807, 2.05) is 30.4 Å². The lowest BCUT2D eigenvalue weighted by Crippen LogP contribution is -2.39. The van der Waals surface area contributed by atoms with Gasteiger partial charge >= 0.3 is 5.97 Å². The second-order valence-electron chi connectivity index (χ2n) is 8.03. The number of aromatic nitrogens is 4. The molecule has 4 heterocycles. The van der Waals surface area contributed by atoms with Crippen LogP contribution in [0.4, 0.5) is 5.82 Å². The van der Waals surface area contributed by atoms with E-state index >= 15 is 0 Å². The fraction of sp³-hybridized carbons (Fsp3) is 0.684. The van der Waals surface area contributed by atoms with Crippen LogP contribution in [0.25, 0.3) is 11.2 Å². The average molecular weight is 420 g/mol. The number of imidazole rings is 1. The summed E-state index contributed by atoms with van der Waals surface area (Å²) in [7, 11) is 1.94. The first-order valence-electron chi connectivity index (χ1n) is 10.1. The number of ether oxygens (including phenoxy) is 4. The van der Waals surface area contributed by atoms with Crippen LogP contribution in [0, 0.1) is 0 Å². The molecule has 164 valence electrons. The molecule has 30 heavy (non-hydrogen) atoms. The molecular weight excluding hydrogens is 392 g/mol. The highest BCUT2D eigenvalue weighted by atomic mass is 16.8. The minimum Gasteiger partial charge on any atom is -0.466 e. The summed E-state index contributed by atoms with van der Waals surface area (Å²) < 4.78 is 25.5. The predicted molar refractivity (Wildman–Crippen MR) is 106 cm³/mol. The predicted octanol–water partition coefficient (Wildman–Crippen LogP) is 0.711. The molecule has 0 spiro atoms. The Kier molecular flexibility index (Phi) is 5.62. The Morgan fingerprint density at radius 3 is 2.83 bits per heavy atom. The monoisotopic (exact) mass is 420 g/mol. The first-order chi connectivity index (χ1) is 14.3. The lowest BCUT2D eigenvalue weighted by Gasteiger charge is -2.27. The molecule has 2 fully saturated rings. The number of hydrogen-bond donors (Lipinski definition) is 1. The molecule has 2 saturated heterocycles. The lowest BCUT2D eigenvalue weighted by molar-refractivity contribution is -0.197. The minimum absolute atomic E-state index is 0.212. The molecule has 0 radical (unpaired) electrons. The van der Waals surface area contributed by atoms with Gasteiger partial charge in [-0.2, -0.15) is 0 Å². The Balaban J connectivity index is 1.52. The molecule has 2 aliphatic rings. The summed E-state index contributed by atoms with van der Waals surface area (Å²) in [4.78, 5) is 26.3. The molecule has 0 unspecified atom stereocenters. The molecule has 2 aromatic rings. The van der Waals surface area contributed by atoms with Crippen molar-refractivity contribution in [1.82, 2.24) is 24.4 Å². The average Bonchev–Trinajstić information content (AvgIpc) is 3.33. The maximum absolute atomic E-state index is 11.7. The van der Waals surface area contributed by atoms with E-state index in [4.69, 9.17) is 24.7 Å². The third-order valence-electron chi connectivity index (χ3n) is 5.28. The zero-order chi connectivity index (χ0) is 21.5. The van der Waals surface area contributed by atoms with Crippen molar-refractivity contribution in [2.75, 3.05) is 32.5 Å². The van der Waals surface area contributed by atoms with E-state index in [2.05, 4.69) is 15.0 Å². The molecule has 2 aromatic heterocycles. The maximum atomic E-state index is 11.7. The Hall–Kier alpha value is -2.34. The highest BCUT2D eigenvalue weighted by Gasteiger charge is 2.56. The number of fused-ring (bicyclic) bond motifs is 2. The van der Waals surface area contributed by atoms with E-state index in [-0.39, 0.29) is 24.3 Å². The van der Waals surface area contributed by atoms with Crippen LogP contribution < -0.4 is 5.73 Å². The van der Waals surface area contributed by atoms with E-state index in [1.54, 1.807) is 13.3 Å². The number of carbonyl (C=O) groups excluding carboxylic acids is 1. The molecule has 0 bridgehead atoms. The van der Waals surface area contributed by atoms with Crippen molar-refractivity contribution in [1.29, 1.82) is 0 Å². The van der Waals surface area contributed by atoms with Crippen LogP contribution in [0.15, 0.2) is 12.7 Å². The van der Waals surface area contributed by atoms with E-state index in [1.165, 1.54) is 6.33 Å². The van der Waals surface area contributed by atoms with Crippen LogP contribution in [0.1, 0.15) is 33.4 Å². The van der Waals surface area contributed by atoms with Gasteiger partial charge in [-0.05, 0) is 27.8 Å². The highest BCUT2D eigenvalue weighted by Crippen LogP contribution is 2.43.